The lowest BCUT2D eigenvalue weighted by molar-refractivity contribution is 0.249. The summed E-state index contributed by atoms with van der Waals surface area (Å²) in [6, 6.07) is 10.7. The molecule has 1 aromatic carbocycles. The smallest absolute Gasteiger partial charge is 0.319 e. The van der Waals surface area contributed by atoms with E-state index in [0.717, 1.165) is 4.88 Å². The van der Waals surface area contributed by atoms with Gasteiger partial charge in [-0.05, 0) is 38.1 Å². The number of rotatable bonds is 5. The van der Waals surface area contributed by atoms with Crippen LogP contribution < -0.4 is 15.4 Å². The molecule has 2 rings (SSSR count). The fourth-order valence-corrected chi connectivity index (χ4v) is 2.90. The monoisotopic (exact) mass is 324 g/mol. The van der Waals surface area contributed by atoms with Gasteiger partial charge in [0.1, 0.15) is 5.75 Å². The van der Waals surface area contributed by atoms with Crippen LogP contribution in [0.4, 0.5) is 10.5 Å². The molecule has 0 aliphatic heterocycles. The third kappa shape index (κ3) is 4.37. The second-order valence-corrected chi connectivity index (χ2v) is 6.14. The molecule has 0 radical (unpaired) electrons. The van der Waals surface area contributed by atoms with Gasteiger partial charge in [-0.3, -0.25) is 0 Å². The number of hydrogen-bond acceptors (Lipinski definition) is 3. The number of urea groups is 1. The highest BCUT2D eigenvalue weighted by atomic mass is 35.5. The van der Waals surface area contributed by atoms with Gasteiger partial charge in [0.25, 0.3) is 0 Å². The molecule has 2 aromatic rings. The van der Waals surface area contributed by atoms with Crippen LogP contribution >= 0.6 is 22.9 Å². The zero-order valence-corrected chi connectivity index (χ0v) is 13.4. The summed E-state index contributed by atoms with van der Waals surface area (Å²) >= 11 is 7.35. The zero-order valence-electron chi connectivity index (χ0n) is 11.9. The molecule has 0 aliphatic carbocycles. The summed E-state index contributed by atoms with van der Waals surface area (Å²) in [5, 5.41) is 5.67. The second-order valence-electron chi connectivity index (χ2n) is 4.39. The first-order chi connectivity index (χ1) is 10.1. The van der Waals surface area contributed by atoms with Crippen molar-refractivity contribution < 1.29 is 9.53 Å². The summed E-state index contributed by atoms with van der Waals surface area (Å²) < 4.78 is 6.18. The van der Waals surface area contributed by atoms with E-state index in [1.54, 1.807) is 6.07 Å². The van der Waals surface area contributed by atoms with Crippen LogP contribution in [0.25, 0.3) is 0 Å². The van der Waals surface area contributed by atoms with Crippen molar-refractivity contribution >= 4 is 34.7 Å². The van der Waals surface area contributed by atoms with Crippen LogP contribution in [0.1, 0.15) is 24.8 Å². The molecular weight excluding hydrogens is 308 g/mol. The molecule has 0 fully saturated rings. The van der Waals surface area contributed by atoms with Gasteiger partial charge >= 0.3 is 6.03 Å². The Hall–Kier alpha value is -1.72. The first kappa shape index (κ1) is 15.7. The molecule has 6 heteroatoms. The van der Waals surface area contributed by atoms with Crippen molar-refractivity contribution in [2.24, 2.45) is 0 Å². The van der Waals surface area contributed by atoms with Crippen LogP contribution in [0, 0.1) is 0 Å². The number of halogens is 1. The van der Waals surface area contributed by atoms with Gasteiger partial charge in [0.05, 0.1) is 22.7 Å². The minimum atomic E-state index is -0.279. The fourth-order valence-electron chi connectivity index (χ4n) is 1.84. The minimum Gasteiger partial charge on any atom is -0.492 e. The second kappa shape index (κ2) is 7.33. The predicted molar refractivity (Wildman–Crippen MR) is 87.5 cm³/mol. The van der Waals surface area contributed by atoms with Crippen LogP contribution in [-0.4, -0.2) is 12.6 Å². The Morgan fingerprint density at radius 3 is 2.76 bits per heavy atom. The van der Waals surface area contributed by atoms with Crippen molar-refractivity contribution in [3.8, 4) is 5.75 Å². The third-order valence-electron chi connectivity index (χ3n) is 2.80. The summed E-state index contributed by atoms with van der Waals surface area (Å²) in [5.41, 5.74) is 0.647. The molecule has 0 saturated carbocycles. The summed E-state index contributed by atoms with van der Waals surface area (Å²) in [6.45, 7) is 4.36. The number of benzene rings is 1. The number of thiophene rings is 1. The largest absolute Gasteiger partial charge is 0.492 e. The average molecular weight is 325 g/mol. The Balaban J connectivity index is 1.98. The van der Waals surface area contributed by atoms with E-state index in [4.69, 9.17) is 16.3 Å². The highest BCUT2D eigenvalue weighted by Gasteiger charge is 2.13. The fraction of sp³-hybridized carbons (Fsp3) is 0.267. The normalized spacial score (nSPS) is 11.8. The van der Waals surface area contributed by atoms with Crippen molar-refractivity contribution in [1.29, 1.82) is 0 Å². The lowest BCUT2D eigenvalue weighted by Crippen LogP contribution is -2.30. The third-order valence-corrected chi connectivity index (χ3v) is 4.22. The Bertz CT molecular complexity index is 615. The number of hydrogen-bond donors (Lipinski definition) is 2. The standard InChI is InChI=1S/C15H17ClN2O2S/c1-3-20-12-7-5-4-6-11(12)18-15(19)17-10(2)13-8-9-14(16)21-13/h4-10H,3H2,1-2H3,(H2,17,18,19)/t10-/m0/s1. The van der Waals surface area contributed by atoms with E-state index in [2.05, 4.69) is 10.6 Å². The van der Waals surface area contributed by atoms with E-state index >= 15 is 0 Å². The van der Waals surface area contributed by atoms with Gasteiger partial charge in [-0.25, -0.2) is 4.79 Å². The van der Waals surface area contributed by atoms with Gasteiger partial charge in [-0.2, -0.15) is 0 Å². The topological polar surface area (TPSA) is 50.4 Å². The number of carbonyl (C=O) groups excluding carboxylic acids is 1. The van der Waals surface area contributed by atoms with E-state index in [1.165, 1.54) is 11.3 Å². The Labute approximate surface area is 133 Å². The van der Waals surface area contributed by atoms with Gasteiger partial charge in [-0.15, -0.1) is 11.3 Å². The average Bonchev–Trinajstić information content (AvgIpc) is 2.88. The summed E-state index contributed by atoms with van der Waals surface area (Å²) in [7, 11) is 0. The zero-order chi connectivity index (χ0) is 15.2. The molecule has 0 spiro atoms. The van der Waals surface area contributed by atoms with Crippen LogP contribution in [0.5, 0.6) is 5.75 Å². The highest BCUT2D eigenvalue weighted by Crippen LogP contribution is 2.27. The Kier molecular flexibility index (Phi) is 5.47. The maximum atomic E-state index is 12.1. The van der Waals surface area contributed by atoms with Crippen LogP contribution in [-0.2, 0) is 0 Å². The molecular formula is C15H17ClN2O2S. The molecule has 2 N–H and O–H groups in total. The van der Waals surface area contributed by atoms with Crippen LogP contribution in [0.2, 0.25) is 4.34 Å². The van der Waals surface area contributed by atoms with Crippen molar-refractivity contribution in [3.63, 3.8) is 0 Å². The number of amides is 2. The molecule has 1 aromatic heterocycles. The lowest BCUT2D eigenvalue weighted by Gasteiger charge is -2.15. The molecule has 112 valence electrons. The molecule has 2 amide bonds. The maximum Gasteiger partial charge on any atom is 0.319 e. The summed E-state index contributed by atoms with van der Waals surface area (Å²) in [5.74, 6) is 0.655. The first-order valence-electron chi connectivity index (χ1n) is 6.64. The van der Waals surface area contributed by atoms with E-state index in [1.807, 2.05) is 44.2 Å². The molecule has 0 bridgehead atoms. The number of nitrogens with one attached hydrogen (secondary N) is 2. The first-order valence-corrected chi connectivity index (χ1v) is 7.84. The van der Waals surface area contributed by atoms with E-state index < -0.39 is 0 Å². The molecule has 1 heterocycles. The van der Waals surface area contributed by atoms with Gasteiger partial charge in [0.2, 0.25) is 0 Å². The van der Waals surface area contributed by atoms with Crippen molar-refractivity contribution in [1.82, 2.24) is 5.32 Å². The number of carbonyl (C=O) groups is 1. The van der Waals surface area contributed by atoms with Gasteiger partial charge in [-0.1, -0.05) is 23.7 Å². The SMILES string of the molecule is CCOc1ccccc1NC(=O)N[C@@H](C)c1ccc(Cl)s1. The quantitative estimate of drug-likeness (QED) is 0.838. The highest BCUT2D eigenvalue weighted by molar-refractivity contribution is 7.16. The maximum absolute atomic E-state index is 12.1. The van der Waals surface area contributed by atoms with Crippen molar-refractivity contribution in [3.05, 3.63) is 45.6 Å². The lowest BCUT2D eigenvalue weighted by atomic mass is 10.3. The van der Waals surface area contributed by atoms with Gasteiger partial charge in [0, 0.05) is 4.88 Å². The Morgan fingerprint density at radius 2 is 2.10 bits per heavy atom. The number of ether oxygens (including phenoxy) is 1. The molecule has 0 aliphatic rings. The number of anilines is 1. The van der Waals surface area contributed by atoms with Crippen LogP contribution in [0.15, 0.2) is 36.4 Å². The van der Waals surface area contributed by atoms with E-state index in [-0.39, 0.29) is 12.1 Å². The number of para-hydroxylation sites is 2. The molecule has 0 saturated heterocycles. The molecule has 4 nitrogen and oxygen atoms in total. The molecule has 21 heavy (non-hydrogen) atoms. The molecule has 1 atom stereocenters. The van der Waals surface area contributed by atoms with Crippen molar-refractivity contribution in [2.45, 2.75) is 19.9 Å². The van der Waals surface area contributed by atoms with E-state index in [9.17, 15) is 4.79 Å². The van der Waals surface area contributed by atoms with E-state index in [0.29, 0.717) is 22.4 Å². The minimum absolute atomic E-state index is 0.109. The Morgan fingerprint density at radius 1 is 1.33 bits per heavy atom. The van der Waals surface area contributed by atoms with Crippen LogP contribution in [0.3, 0.4) is 0 Å². The van der Waals surface area contributed by atoms with Gasteiger partial charge in [0.15, 0.2) is 0 Å². The summed E-state index contributed by atoms with van der Waals surface area (Å²) in [4.78, 5) is 13.1. The van der Waals surface area contributed by atoms with Gasteiger partial charge < -0.3 is 15.4 Å². The predicted octanol–water partition coefficient (Wildman–Crippen LogP) is 4.68. The summed E-state index contributed by atoms with van der Waals surface area (Å²) in [6.07, 6.45) is 0. The van der Waals surface area contributed by atoms with Crippen molar-refractivity contribution in [2.75, 3.05) is 11.9 Å². The molecule has 0 unspecified atom stereocenters.